The summed E-state index contributed by atoms with van der Waals surface area (Å²) in [5, 5.41) is 5.21. The number of aryl methyl sites for hydroxylation is 2. The van der Waals surface area contributed by atoms with Gasteiger partial charge in [-0.2, -0.15) is 0 Å². The Morgan fingerprint density at radius 2 is 2.20 bits per heavy atom. The monoisotopic (exact) mass is 294 g/mol. The summed E-state index contributed by atoms with van der Waals surface area (Å²) in [6.45, 7) is 7.42. The van der Waals surface area contributed by atoms with Crippen molar-refractivity contribution in [3.8, 4) is 0 Å². The summed E-state index contributed by atoms with van der Waals surface area (Å²) >= 11 is 1.88. The van der Waals surface area contributed by atoms with Crippen LogP contribution in [0.2, 0.25) is 0 Å². The molecule has 0 radical (unpaired) electrons. The average Bonchev–Trinajstić information content (AvgIpc) is 3.15. The SMILES string of the molecule is CCCC1CC(NC2CC2)(c2nc(C)c(C)s2)CCO1. The molecule has 0 spiro atoms. The van der Waals surface area contributed by atoms with Crippen LogP contribution in [0.1, 0.15) is 61.0 Å². The van der Waals surface area contributed by atoms with Crippen molar-refractivity contribution in [1.29, 1.82) is 0 Å². The van der Waals surface area contributed by atoms with Gasteiger partial charge >= 0.3 is 0 Å². The second kappa shape index (κ2) is 5.74. The van der Waals surface area contributed by atoms with Gasteiger partial charge in [0.1, 0.15) is 5.01 Å². The van der Waals surface area contributed by atoms with E-state index in [9.17, 15) is 0 Å². The van der Waals surface area contributed by atoms with Crippen LogP contribution in [0.5, 0.6) is 0 Å². The summed E-state index contributed by atoms with van der Waals surface area (Å²) < 4.78 is 5.97. The van der Waals surface area contributed by atoms with Crippen LogP contribution < -0.4 is 5.32 Å². The molecule has 0 aromatic carbocycles. The molecule has 1 aromatic rings. The minimum atomic E-state index is 0.0724. The van der Waals surface area contributed by atoms with Crippen molar-refractivity contribution in [3.05, 3.63) is 15.6 Å². The molecule has 2 fully saturated rings. The molecule has 112 valence electrons. The standard InChI is InChI=1S/C16H26N2OS/c1-4-5-14-10-16(8-9-19-14,18-13-6-7-13)15-17-11(2)12(3)20-15/h13-14,18H,4-10H2,1-3H3. The lowest BCUT2D eigenvalue weighted by atomic mass is 9.85. The minimum Gasteiger partial charge on any atom is -0.378 e. The van der Waals surface area contributed by atoms with Gasteiger partial charge in [-0.25, -0.2) is 4.98 Å². The summed E-state index contributed by atoms with van der Waals surface area (Å²) in [5.41, 5.74) is 1.27. The van der Waals surface area contributed by atoms with E-state index in [0.29, 0.717) is 12.1 Å². The molecule has 3 rings (SSSR count). The summed E-state index contributed by atoms with van der Waals surface area (Å²) in [5.74, 6) is 0. The molecule has 2 aliphatic rings. The van der Waals surface area contributed by atoms with Crippen molar-refractivity contribution >= 4 is 11.3 Å². The maximum Gasteiger partial charge on any atom is 0.113 e. The van der Waals surface area contributed by atoms with E-state index in [-0.39, 0.29) is 5.54 Å². The first-order chi connectivity index (χ1) is 9.63. The molecule has 2 heterocycles. The largest absolute Gasteiger partial charge is 0.378 e. The van der Waals surface area contributed by atoms with E-state index in [0.717, 1.165) is 25.9 Å². The summed E-state index contributed by atoms with van der Waals surface area (Å²) in [6, 6.07) is 0.708. The third kappa shape index (κ3) is 2.92. The lowest BCUT2D eigenvalue weighted by Gasteiger charge is -2.40. The highest BCUT2D eigenvalue weighted by atomic mass is 32.1. The maximum absolute atomic E-state index is 5.97. The number of nitrogens with one attached hydrogen (secondary N) is 1. The molecule has 1 aliphatic heterocycles. The lowest BCUT2D eigenvalue weighted by molar-refractivity contribution is -0.0356. The number of rotatable bonds is 5. The van der Waals surface area contributed by atoms with Crippen LogP contribution in [0.3, 0.4) is 0 Å². The second-order valence-electron chi connectivity index (χ2n) is 6.40. The molecule has 0 amide bonds. The van der Waals surface area contributed by atoms with Gasteiger partial charge in [-0.05, 0) is 46.0 Å². The Morgan fingerprint density at radius 1 is 1.40 bits per heavy atom. The first-order valence-corrected chi connectivity index (χ1v) is 8.78. The van der Waals surface area contributed by atoms with E-state index < -0.39 is 0 Å². The van der Waals surface area contributed by atoms with Crippen molar-refractivity contribution in [1.82, 2.24) is 10.3 Å². The van der Waals surface area contributed by atoms with Gasteiger partial charge < -0.3 is 10.1 Å². The fraction of sp³-hybridized carbons (Fsp3) is 0.812. The van der Waals surface area contributed by atoms with Gasteiger partial charge in [0.2, 0.25) is 0 Å². The molecule has 1 N–H and O–H groups in total. The van der Waals surface area contributed by atoms with Crippen LogP contribution in [0.4, 0.5) is 0 Å². The highest BCUT2D eigenvalue weighted by Gasteiger charge is 2.44. The molecule has 1 aliphatic carbocycles. The summed E-state index contributed by atoms with van der Waals surface area (Å²) in [6.07, 6.45) is 7.55. The van der Waals surface area contributed by atoms with E-state index >= 15 is 0 Å². The van der Waals surface area contributed by atoms with Crippen molar-refractivity contribution in [2.24, 2.45) is 0 Å². The Hall–Kier alpha value is -0.450. The van der Waals surface area contributed by atoms with Gasteiger partial charge in [0.25, 0.3) is 0 Å². The van der Waals surface area contributed by atoms with E-state index in [1.54, 1.807) is 0 Å². The van der Waals surface area contributed by atoms with Gasteiger partial charge in [-0.3, -0.25) is 0 Å². The van der Waals surface area contributed by atoms with E-state index in [4.69, 9.17) is 9.72 Å². The predicted octanol–water partition coefficient (Wildman–Crippen LogP) is 3.69. The lowest BCUT2D eigenvalue weighted by Crippen LogP contribution is -2.50. The van der Waals surface area contributed by atoms with Crippen LogP contribution in [0, 0.1) is 13.8 Å². The number of hydrogen-bond acceptors (Lipinski definition) is 4. The van der Waals surface area contributed by atoms with Crippen molar-refractivity contribution < 1.29 is 4.74 Å². The molecule has 20 heavy (non-hydrogen) atoms. The zero-order valence-corrected chi connectivity index (χ0v) is 13.7. The van der Waals surface area contributed by atoms with E-state index in [2.05, 4.69) is 26.1 Å². The Labute approximate surface area is 126 Å². The zero-order valence-electron chi connectivity index (χ0n) is 12.9. The van der Waals surface area contributed by atoms with Crippen molar-refractivity contribution in [2.45, 2.75) is 77.0 Å². The number of aromatic nitrogens is 1. The zero-order chi connectivity index (χ0) is 14.2. The van der Waals surface area contributed by atoms with Crippen LogP contribution >= 0.6 is 11.3 Å². The third-order valence-electron chi connectivity index (χ3n) is 4.56. The number of ether oxygens (including phenoxy) is 1. The van der Waals surface area contributed by atoms with Crippen LogP contribution in [-0.2, 0) is 10.3 Å². The third-order valence-corrected chi connectivity index (χ3v) is 5.84. The Morgan fingerprint density at radius 3 is 2.80 bits per heavy atom. The molecule has 0 bridgehead atoms. The van der Waals surface area contributed by atoms with E-state index in [1.807, 2.05) is 11.3 Å². The van der Waals surface area contributed by atoms with Crippen LogP contribution in [0.15, 0.2) is 0 Å². The van der Waals surface area contributed by atoms with Crippen molar-refractivity contribution in [2.75, 3.05) is 6.61 Å². The fourth-order valence-electron chi connectivity index (χ4n) is 3.14. The van der Waals surface area contributed by atoms with Gasteiger partial charge in [0.15, 0.2) is 0 Å². The molecule has 3 nitrogen and oxygen atoms in total. The van der Waals surface area contributed by atoms with Crippen molar-refractivity contribution in [3.63, 3.8) is 0 Å². The first-order valence-electron chi connectivity index (χ1n) is 7.97. The molecule has 1 saturated heterocycles. The number of hydrogen-bond donors (Lipinski definition) is 1. The quantitative estimate of drug-likeness (QED) is 0.899. The van der Waals surface area contributed by atoms with Gasteiger partial charge in [0, 0.05) is 17.5 Å². The molecular formula is C16H26N2OS. The minimum absolute atomic E-state index is 0.0724. The topological polar surface area (TPSA) is 34.2 Å². The average molecular weight is 294 g/mol. The Bertz CT molecular complexity index is 448. The molecular weight excluding hydrogens is 268 g/mol. The van der Waals surface area contributed by atoms with Gasteiger partial charge in [-0.15, -0.1) is 11.3 Å². The Balaban J connectivity index is 1.86. The number of nitrogens with zero attached hydrogens (tertiary/aromatic N) is 1. The summed E-state index contributed by atoms with van der Waals surface area (Å²) in [4.78, 5) is 6.24. The Kier molecular flexibility index (Phi) is 4.16. The van der Waals surface area contributed by atoms with Crippen LogP contribution in [-0.4, -0.2) is 23.7 Å². The fourth-order valence-corrected chi connectivity index (χ4v) is 4.25. The van der Waals surface area contributed by atoms with E-state index in [1.165, 1.54) is 34.8 Å². The first kappa shape index (κ1) is 14.5. The number of thiazole rings is 1. The second-order valence-corrected chi connectivity index (χ2v) is 7.60. The van der Waals surface area contributed by atoms with Gasteiger partial charge in [-0.1, -0.05) is 13.3 Å². The molecule has 2 atom stereocenters. The molecule has 1 aromatic heterocycles. The maximum atomic E-state index is 5.97. The molecule has 1 saturated carbocycles. The molecule has 4 heteroatoms. The van der Waals surface area contributed by atoms with Crippen LogP contribution in [0.25, 0.3) is 0 Å². The smallest absolute Gasteiger partial charge is 0.113 e. The normalized spacial score (nSPS) is 30.6. The highest BCUT2D eigenvalue weighted by Crippen LogP contribution is 2.41. The predicted molar refractivity (Wildman–Crippen MR) is 83.3 cm³/mol. The summed E-state index contributed by atoms with van der Waals surface area (Å²) in [7, 11) is 0. The molecule has 2 unspecified atom stereocenters. The highest BCUT2D eigenvalue weighted by molar-refractivity contribution is 7.11. The van der Waals surface area contributed by atoms with Gasteiger partial charge in [0.05, 0.1) is 17.3 Å².